The Hall–Kier alpha value is -0.770. The average Bonchev–Trinajstić information content (AvgIpc) is 2.66. The van der Waals surface area contributed by atoms with Crippen molar-refractivity contribution < 1.29 is 4.74 Å². The summed E-state index contributed by atoms with van der Waals surface area (Å²) in [4.78, 5) is 4.16. The van der Waals surface area contributed by atoms with Gasteiger partial charge in [-0.15, -0.1) is 0 Å². The Morgan fingerprint density at radius 1 is 1.11 bits per heavy atom. The number of ether oxygens (including phenoxy) is 1. The Bertz CT molecular complexity index is 223. The molecule has 0 heterocycles. The smallest absolute Gasteiger partial charge is 0.191 e. The molecule has 1 aliphatic carbocycles. The lowest BCUT2D eigenvalue weighted by molar-refractivity contribution is 0.0468. The van der Waals surface area contributed by atoms with Gasteiger partial charge in [-0.1, -0.05) is 32.6 Å². The first kappa shape index (κ1) is 15.3. The number of aliphatic imine (C=N–C) groups is 1. The summed E-state index contributed by atoms with van der Waals surface area (Å²) in [6, 6.07) is 0. The molecule has 106 valence electrons. The molecule has 0 amide bonds. The number of rotatable bonds is 6. The molecule has 0 unspecified atom stereocenters. The Morgan fingerprint density at radius 3 is 2.39 bits per heavy atom. The second-order valence-corrected chi connectivity index (χ2v) is 4.91. The Kier molecular flexibility index (Phi) is 8.65. The maximum absolute atomic E-state index is 5.92. The van der Waals surface area contributed by atoms with Crippen LogP contribution in [0, 0.1) is 0 Å². The molecule has 0 spiro atoms. The van der Waals surface area contributed by atoms with Crippen LogP contribution in [0.4, 0.5) is 0 Å². The van der Waals surface area contributed by atoms with Crippen molar-refractivity contribution in [1.29, 1.82) is 0 Å². The minimum atomic E-state index is 0.486. The van der Waals surface area contributed by atoms with E-state index in [0.29, 0.717) is 6.10 Å². The van der Waals surface area contributed by atoms with Crippen molar-refractivity contribution in [3.63, 3.8) is 0 Å². The zero-order valence-corrected chi connectivity index (χ0v) is 12.0. The Labute approximate surface area is 112 Å². The SMILES string of the molecule is CCCNC(=NC)NCCOC1CCCCCC1. The fourth-order valence-corrected chi connectivity index (χ4v) is 2.27. The van der Waals surface area contributed by atoms with Gasteiger partial charge in [0, 0.05) is 20.1 Å². The highest BCUT2D eigenvalue weighted by Crippen LogP contribution is 2.19. The zero-order chi connectivity index (χ0) is 13.1. The van der Waals surface area contributed by atoms with E-state index in [0.717, 1.165) is 32.1 Å². The number of guanidine groups is 1. The summed E-state index contributed by atoms with van der Waals surface area (Å²) in [7, 11) is 1.80. The van der Waals surface area contributed by atoms with Crippen molar-refractivity contribution in [2.24, 2.45) is 4.99 Å². The topological polar surface area (TPSA) is 45.7 Å². The summed E-state index contributed by atoms with van der Waals surface area (Å²) in [6.07, 6.45) is 9.50. The summed E-state index contributed by atoms with van der Waals surface area (Å²) in [5.74, 6) is 0.876. The van der Waals surface area contributed by atoms with Crippen LogP contribution in [0.15, 0.2) is 4.99 Å². The van der Waals surface area contributed by atoms with Gasteiger partial charge >= 0.3 is 0 Å². The minimum absolute atomic E-state index is 0.486. The molecule has 0 atom stereocenters. The maximum Gasteiger partial charge on any atom is 0.191 e. The van der Waals surface area contributed by atoms with Crippen LogP contribution >= 0.6 is 0 Å². The lowest BCUT2D eigenvalue weighted by atomic mass is 10.1. The van der Waals surface area contributed by atoms with Gasteiger partial charge in [-0.05, 0) is 19.3 Å². The molecule has 1 aliphatic rings. The molecule has 1 rings (SSSR count). The van der Waals surface area contributed by atoms with Gasteiger partial charge in [-0.3, -0.25) is 4.99 Å². The van der Waals surface area contributed by atoms with Crippen molar-refractivity contribution in [2.75, 3.05) is 26.7 Å². The van der Waals surface area contributed by atoms with Crippen molar-refractivity contribution >= 4 is 5.96 Å². The van der Waals surface area contributed by atoms with E-state index < -0.39 is 0 Å². The standard InChI is InChI=1S/C14H29N3O/c1-3-10-16-14(15-2)17-11-12-18-13-8-6-4-5-7-9-13/h13H,3-12H2,1-2H3,(H2,15,16,17). The lowest BCUT2D eigenvalue weighted by Crippen LogP contribution is -2.39. The highest BCUT2D eigenvalue weighted by molar-refractivity contribution is 5.79. The Morgan fingerprint density at radius 2 is 1.78 bits per heavy atom. The van der Waals surface area contributed by atoms with Gasteiger partial charge in [0.15, 0.2) is 5.96 Å². The van der Waals surface area contributed by atoms with Crippen LogP contribution in [0.25, 0.3) is 0 Å². The molecular weight excluding hydrogens is 226 g/mol. The number of hydrogen-bond donors (Lipinski definition) is 2. The van der Waals surface area contributed by atoms with Crippen molar-refractivity contribution in [2.45, 2.75) is 58.0 Å². The summed E-state index contributed by atoms with van der Waals surface area (Å²) in [5, 5.41) is 6.52. The highest BCUT2D eigenvalue weighted by atomic mass is 16.5. The molecule has 0 bridgehead atoms. The third kappa shape index (κ3) is 6.84. The molecule has 0 aromatic carbocycles. The van der Waals surface area contributed by atoms with Crippen molar-refractivity contribution in [3.05, 3.63) is 0 Å². The first-order valence-corrected chi connectivity index (χ1v) is 7.43. The van der Waals surface area contributed by atoms with Crippen molar-refractivity contribution in [1.82, 2.24) is 10.6 Å². The van der Waals surface area contributed by atoms with Gasteiger partial charge in [0.25, 0.3) is 0 Å². The molecule has 4 nitrogen and oxygen atoms in total. The van der Waals surface area contributed by atoms with E-state index in [4.69, 9.17) is 4.74 Å². The van der Waals surface area contributed by atoms with Gasteiger partial charge in [0.05, 0.1) is 12.7 Å². The molecule has 0 radical (unpaired) electrons. The van der Waals surface area contributed by atoms with E-state index >= 15 is 0 Å². The first-order valence-electron chi connectivity index (χ1n) is 7.43. The molecule has 0 saturated heterocycles. The predicted molar refractivity (Wildman–Crippen MR) is 77.1 cm³/mol. The molecule has 0 aliphatic heterocycles. The van der Waals surface area contributed by atoms with Gasteiger partial charge in [-0.2, -0.15) is 0 Å². The Balaban J connectivity index is 2.05. The quantitative estimate of drug-likeness (QED) is 0.331. The lowest BCUT2D eigenvalue weighted by Gasteiger charge is -2.16. The molecule has 18 heavy (non-hydrogen) atoms. The predicted octanol–water partition coefficient (Wildman–Crippen LogP) is 2.30. The minimum Gasteiger partial charge on any atom is -0.376 e. The largest absolute Gasteiger partial charge is 0.376 e. The number of hydrogen-bond acceptors (Lipinski definition) is 2. The monoisotopic (exact) mass is 255 g/mol. The van der Waals surface area contributed by atoms with E-state index in [1.165, 1.54) is 38.5 Å². The van der Waals surface area contributed by atoms with Gasteiger partial charge in [-0.25, -0.2) is 0 Å². The van der Waals surface area contributed by atoms with Crippen LogP contribution in [0.1, 0.15) is 51.9 Å². The molecule has 1 fully saturated rings. The van der Waals surface area contributed by atoms with Crippen molar-refractivity contribution in [3.8, 4) is 0 Å². The summed E-state index contributed by atoms with van der Waals surface area (Å²) >= 11 is 0. The van der Waals surface area contributed by atoms with E-state index in [-0.39, 0.29) is 0 Å². The van der Waals surface area contributed by atoms with Crippen LogP contribution in [-0.4, -0.2) is 38.8 Å². The maximum atomic E-state index is 5.92. The zero-order valence-electron chi connectivity index (χ0n) is 12.0. The molecule has 4 heteroatoms. The van der Waals surface area contributed by atoms with Crippen LogP contribution in [-0.2, 0) is 4.74 Å². The summed E-state index contributed by atoms with van der Waals surface area (Å²) < 4.78 is 5.92. The normalized spacial score (nSPS) is 18.4. The molecular formula is C14H29N3O. The number of nitrogens with zero attached hydrogens (tertiary/aromatic N) is 1. The molecule has 1 saturated carbocycles. The summed E-state index contributed by atoms with van der Waals surface area (Å²) in [5.41, 5.74) is 0. The molecule has 0 aromatic rings. The van der Waals surface area contributed by atoms with Gasteiger partial charge in [0.2, 0.25) is 0 Å². The third-order valence-electron chi connectivity index (χ3n) is 3.32. The second-order valence-electron chi connectivity index (χ2n) is 4.91. The highest BCUT2D eigenvalue weighted by Gasteiger charge is 2.11. The first-order chi connectivity index (χ1) is 8.86. The van der Waals surface area contributed by atoms with Crippen LogP contribution in [0.3, 0.4) is 0 Å². The number of nitrogens with one attached hydrogen (secondary N) is 2. The third-order valence-corrected chi connectivity index (χ3v) is 3.32. The second kappa shape index (κ2) is 10.2. The average molecular weight is 255 g/mol. The van der Waals surface area contributed by atoms with Crippen LogP contribution in [0.5, 0.6) is 0 Å². The molecule has 0 aromatic heterocycles. The van der Waals surface area contributed by atoms with E-state index in [1.807, 2.05) is 0 Å². The fraction of sp³-hybridized carbons (Fsp3) is 0.929. The van der Waals surface area contributed by atoms with E-state index in [1.54, 1.807) is 7.05 Å². The van der Waals surface area contributed by atoms with E-state index in [2.05, 4.69) is 22.5 Å². The van der Waals surface area contributed by atoms with Crippen LogP contribution < -0.4 is 10.6 Å². The summed E-state index contributed by atoms with van der Waals surface area (Å²) in [6.45, 7) is 4.72. The van der Waals surface area contributed by atoms with Gasteiger partial charge in [0.1, 0.15) is 0 Å². The van der Waals surface area contributed by atoms with Crippen LogP contribution in [0.2, 0.25) is 0 Å². The fourth-order valence-electron chi connectivity index (χ4n) is 2.27. The van der Waals surface area contributed by atoms with Gasteiger partial charge < -0.3 is 15.4 Å². The molecule has 2 N–H and O–H groups in total. The van der Waals surface area contributed by atoms with E-state index in [9.17, 15) is 0 Å².